The molecule has 1 aliphatic heterocycles. The molecule has 4 amide bonds. The number of hydrogen-bond donors (Lipinski definition) is 0. The summed E-state index contributed by atoms with van der Waals surface area (Å²) in [6, 6.07) is -0.930. The molecular weight excluding hydrogens is 260 g/mol. The van der Waals surface area contributed by atoms with Crippen LogP contribution in [0.1, 0.15) is 40.0 Å². The summed E-state index contributed by atoms with van der Waals surface area (Å²) in [6.07, 6.45) is 4.94. The topological polar surface area (TPSA) is 74.8 Å². The lowest BCUT2D eigenvalue weighted by atomic mass is 9.79. The van der Waals surface area contributed by atoms with Gasteiger partial charge in [0, 0.05) is 13.8 Å². The summed E-state index contributed by atoms with van der Waals surface area (Å²) in [5.74, 6) is -1.85. The molecule has 2 rings (SSSR count). The Morgan fingerprint density at radius 2 is 1.85 bits per heavy atom. The van der Waals surface area contributed by atoms with Crippen molar-refractivity contribution in [2.45, 2.75) is 51.6 Å². The van der Waals surface area contributed by atoms with Gasteiger partial charge in [-0.25, -0.2) is 0 Å². The van der Waals surface area contributed by atoms with Crippen molar-refractivity contribution >= 4 is 23.6 Å². The van der Waals surface area contributed by atoms with E-state index < -0.39 is 35.2 Å². The molecule has 1 saturated heterocycles. The van der Waals surface area contributed by atoms with Gasteiger partial charge in [-0.3, -0.25) is 29.0 Å². The van der Waals surface area contributed by atoms with Gasteiger partial charge in [-0.15, -0.1) is 0 Å². The number of hydrogen-bond acceptors (Lipinski definition) is 4. The van der Waals surface area contributed by atoms with E-state index in [4.69, 9.17) is 0 Å². The highest BCUT2D eigenvalue weighted by atomic mass is 16.2. The van der Waals surface area contributed by atoms with Crippen LogP contribution in [0.5, 0.6) is 0 Å². The van der Waals surface area contributed by atoms with Gasteiger partial charge in [0.15, 0.2) is 0 Å². The summed E-state index contributed by atoms with van der Waals surface area (Å²) < 4.78 is 0. The molecule has 6 heteroatoms. The Bertz CT molecular complexity index is 525. The lowest BCUT2D eigenvalue weighted by Crippen LogP contribution is -2.72. The number of allylic oxidation sites excluding steroid dienone is 1. The summed E-state index contributed by atoms with van der Waals surface area (Å²) in [5, 5.41) is 0. The van der Waals surface area contributed by atoms with Gasteiger partial charge in [0.2, 0.25) is 11.8 Å². The Kier molecular flexibility index (Phi) is 3.50. The molecule has 6 nitrogen and oxygen atoms in total. The van der Waals surface area contributed by atoms with E-state index in [0.717, 1.165) is 9.80 Å². The van der Waals surface area contributed by atoms with Crippen molar-refractivity contribution in [2.75, 3.05) is 0 Å². The normalized spacial score (nSPS) is 30.1. The van der Waals surface area contributed by atoms with Gasteiger partial charge in [0.25, 0.3) is 11.8 Å². The summed E-state index contributed by atoms with van der Waals surface area (Å²) in [6.45, 7) is 4.02. The van der Waals surface area contributed by atoms with E-state index in [9.17, 15) is 19.2 Å². The first kappa shape index (κ1) is 14.4. The lowest BCUT2D eigenvalue weighted by Gasteiger charge is -2.50. The highest BCUT2D eigenvalue weighted by Crippen LogP contribution is 2.37. The first-order valence-electron chi connectivity index (χ1n) is 6.67. The zero-order chi connectivity index (χ0) is 15.1. The Balaban J connectivity index is 2.56. The van der Waals surface area contributed by atoms with Crippen LogP contribution in [0.3, 0.4) is 0 Å². The van der Waals surface area contributed by atoms with Crippen LogP contribution in [-0.4, -0.2) is 45.0 Å². The number of carbonyl (C=O) groups is 4. The van der Waals surface area contributed by atoms with Crippen LogP contribution in [-0.2, 0) is 19.2 Å². The summed E-state index contributed by atoms with van der Waals surface area (Å²) in [5.41, 5.74) is -1.23. The third-order valence-corrected chi connectivity index (χ3v) is 4.01. The highest BCUT2D eigenvalue weighted by molar-refractivity contribution is 6.13. The molecular formula is C14H18N2O4. The highest BCUT2D eigenvalue weighted by Gasteiger charge is 2.57. The average molecular weight is 278 g/mol. The number of rotatable bonds is 0. The third kappa shape index (κ3) is 1.87. The van der Waals surface area contributed by atoms with Gasteiger partial charge in [-0.2, -0.15) is 0 Å². The van der Waals surface area contributed by atoms with Crippen LogP contribution >= 0.6 is 0 Å². The first-order valence-corrected chi connectivity index (χ1v) is 6.67. The first-order chi connectivity index (χ1) is 9.33. The minimum absolute atomic E-state index is 0.271. The maximum absolute atomic E-state index is 12.7. The quantitative estimate of drug-likeness (QED) is 0.609. The molecule has 1 aliphatic carbocycles. The molecule has 2 aliphatic rings. The summed E-state index contributed by atoms with van der Waals surface area (Å²) in [4.78, 5) is 50.8. The van der Waals surface area contributed by atoms with Crippen molar-refractivity contribution in [3.05, 3.63) is 12.2 Å². The fourth-order valence-electron chi connectivity index (χ4n) is 3.09. The van der Waals surface area contributed by atoms with Crippen LogP contribution in [0.4, 0.5) is 0 Å². The Hall–Kier alpha value is -1.98. The molecule has 0 aromatic rings. The molecule has 0 bridgehead atoms. The van der Waals surface area contributed by atoms with Gasteiger partial charge < -0.3 is 0 Å². The second-order valence-electron chi connectivity index (χ2n) is 5.31. The molecule has 2 atom stereocenters. The zero-order valence-electron chi connectivity index (χ0n) is 11.9. The molecule has 1 spiro atoms. The molecule has 0 N–H and O–H groups in total. The van der Waals surface area contributed by atoms with Crippen LogP contribution in [0.15, 0.2) is 12.2 Å². The van der Waals surface area contributed by atoms with E-state index in [-0.39, 0.29) is 6.42 Å². The largest absolute Gasteiger partial charge is 0.275 e. The van der Waals surface area contributed by atoms with Gasteiger partial charge >= 0.3 is 0 Å². The van der Waals surface area contributed by atoms with Crippen molar-refractivity contribution in [1.82, 2.24) is 9.80 Å². The standard InChI is InChI=1S/C14H18N2O4/c1-9-12(19)16(11(3)18)14(7-5-4-6-8-14)13(20)15(9)10(2)17/h4-5,9H,6-8H2,1-3H3. The molecule has 2 unspecified atom stereocenters. The number of imide groups is 2. The molecule has 1 fully saturated rings. The van der Waals surface area contributed by atoms with Crippen LogP contribution in [0.25, 0.3) is 0 Å². The van der Waals surface area contributed by atoms with Crippen molar-refractivity contribution in [3.63, 3.8) is 0 Å². The Labute approximate surface area is 117 Å². The number of amides is 4. The van der Waals surface area contributed by atoms with Gasteiger partial charge in [-0.1, -0.05) is 12.2 Å². The fourth-order valence-corrected chi connectivity index (χ4v) is 3.09. The minimum atomic E-state index is -1.23. The van der Waals surface area contributed by atoms with Gasteiger partial charge in [0.1, 0.15) is 11.6 Å². The van der Waals surface area contributed by atoms with Crippen molar-refractivity contribution in [3.8, 4) is 0 Å². The SMILES string of the molecule is CC(=O)N1C(=O)C2(CC=CCC2)N(C(C)=O)C(=O)C1C. The van der Waals surface area contributed by atoms with Crippen molar-refractivity contribution in [1.29, 1.82) is 0 Å². The number of nitrogens with zero attached hydrogens (tertiary/aromatic N) is 2. The number of piperazine rings is 1. The maximum Gasteiger partial charge on any atom is 0.256 e. The van der Waals surface area contributed by atoms with Crippen LogP contribution in [0, 0.1) is 0 Å². The fraction of sp³-hybridized carbons (Fsp3) is 0.571. The van der Waals surface area contributed by atoms with Gasteiger partial charge in [0.05, 0.1) is 0 Å². The van der Waals surface area contributed by atoms with E-state index in [0.29, 0.717) is 12.8 Å². The third-order valence-electron chi connectivity index (χ3n) is 4.01. The molecule has 0 radical (unpaired) electrons. The predicted molar refractivity (Wildman–Crippen MR) is 70.2 cm³/mol. The van der Waals surface area contributed by atoms with Crippen molar-refractivity contribution in [2.24, 2.45) is 0 Å². The van der Waals surface area contributed by atoms with Crippen LogP contribution in [0.2, 0.25) is 0 Å². The smallest absolute Gasteiger partial charge is 0.256 e. The van der Waals surface area contributed by atoms with E-state index in [1.165, 1.54) is 20.8 Å². The number of carbonyl (C=O) groups excluding carboxylic acids is 4. The Morgan fingerprint density at radius 1 is 1.20 bits per heavy atom. The van der Waals surface area contributed by atoms with E-state index in [2.05, 4.69) is 0 Å². The average Bonchev–Trinajstić information content (AvgIpc) is 2.37. The van der Waals surface area contributed by atoms with Crippen LogP contribution < -0.4 is 0 Å². The molecule has 1 heterocycles. The predicted octanol–water partition coefficient (Wildman–Crippen LogP) is 0.618. The lowest BCUT2D eigenvalue weighted by molar-refractivity contribution is -0.179. The maximum atomic E-state index is 12.7. The summed E-state index contributed by atoms with van der Waals surface area (Å²) in [7, 11) is 0. The second kappa shape index (κ2) is 4.85. The molecule has 108 valence electrons. The molecule has 20 heavy (non-hydrogen) atoms. The molecule has 0 aromatic heterocycles. The molecule has 0 aromatic carbocycles. The second-order valence-corrected chi connectivity index (χ2v) is 5.31. The van der Waals surface area contributed by atoms with Gasteiger partial charge in [-0.05, 0) is 26.2 Å². The monoisotopic (exact) mass is 278 g/mol. The Morgan fingerprint density at radius 3 is 2.30 bits per heavy atom. The summed E-state index contributed by atoms with van der Waals surface area (Å²) >= 11 is 0. The minimum Gasteiger partial charge on any atom is -0.275 e. The zero-order valence-corrected chi connectivity index (χ0v) is 11.9. The van der Waals surface area contributed by atoms with E-state index in [1.807, 2.05) is 6.08 Å². The van der Waals surface area contributed by atoms with Crippen molar-refractivity contribution < 1.29 is 19.2 Å². The van der Waals surface area contributed by atoms with E-state index in [1.54, 1.807) is 6.08 Å². The van der Waals surface area contributed by atoms with E-state index >= 15 is 0 Å². The molecule has 0 saturated carbocycles.